The van der Waals surface area contributed by atoms with Gasteiger partial charge < -0.3 is 15.3 Å². The minimum absolute atomic E-state index is 0.0322. The highest BCUT2D eigenvalue weighted by atomic mass is 16.6. The molecule has 1 unspecified atom stereocenters. The maximum Gasteiger partial charge on any atom is 0.129 e. The van der Waals surface area contributed by atoms with Crippen molar-refractivity contribution < 1.29 is 9.57 Å². The molecule has 0 amide bonds. The van der Waals surface area contributed by atoms with Crippen LogP contribution in [0.5, 0.6) is 0 Å². The molecule has 4 heteroatoms. The summed E-state index contributed by atoms with van der Waals surface area (Å²) < 4.78 is 5.79. The summed E-state index contributed by atoms with van der Waals surface area (Å²) in [6.45, 7) is 5.66. The summed E-state index contributed by atoms with van der Waals surface area (Å²) in [5.74, 6) is 0. The lowest BCUT2D eigenvalue weighted by Gasteiger charge is -2.18. The molecule has 0 spiro atoms. The zero-order valence-electron chi connectivity index (χ0n) is 11.8. The van der Waals surface area contributed by atoms with Crippen LogP contribution < -0.4 is 5.73 Å². The largest absolute Gasteiger partial charge is 0.394 e. The van der Waals surface area contributed by atoms with Gasteiger partial charge in [-0.15, -0.1) is 0 Å². The Hall–Kier alpha value is -1.39. The molecule has 0 aliphatic carbocycles. The summed E-state index contributed by atoms with van der Waals surface area (Å²) in [6, 6.07) is 10.0. The number of benzene rings is 1. The van der Waals surface area contributed by atoms with E-state index >= 15 is 0 Å². The quantitative estimate of drug-likeness (QED) is 0.424. The van der Waals surface area contributed by atoms with E-state index in [4.69, 9.17) is 15.3 Å². The Kier molecular flexibility index (Phi) is 7.86. The minimum atomic E-state index is -0.0322. The molecular weight excluding hydrogens is 240 g/mol. The number of hydrogen-bond donors (Lipinski definition) is 1. The van der Waals surface area contributed by atoms with Crippen molar-refractivity contribution in [2.45, 2.75) is 32.8 Å². The first kappa shape index (κ1) is 15.7. The smallest absolute Gasteiger partial charge is 0.129 e. The highest BCUT2D eigenvalue weighted by Crippen LogP contribution is 2.13. The van der Waals surface area contributed by atoms with Crippen LogP contribution in [0.3, 0.4) is 0 Å². The van der Waals surface area contributed by atoms with Gasteiger partial charge in [-0.2, -0.15) is 0 Å². The molecule has 2 N–H and O–H groups in total. The maximum absolute atomic E-state index is 5.79. The monoisotopic (exact) mass is 264 g/mol. The van der Waals surface area contributed by atoms with Gasteiger partial charge >= 0.3 is 0 Å². The number of nitrogens with zero attached hydrogens (tertiary/aromatic N) is 1. The summed E-state index contributed by atoms with van der Waals surface area (Å²) in [7, 11) is 0. The SMILES string of the molecule is CCCC(OCC)C(=NOCCN)c1ccccc1. The summed E-state index contributed by atoms with van der Waals surface area (Å²) in [6.07, 6.45) is 1.93. The second-order valence-corrected chi connectivity index (χ2v) is 4.20. The van der Waals surface area contributed by atoms with Crippen LogP contribution in [-0.2, 0) is 9.57 Å². The molecule has 1 aromatic rings. The van der Waals surface area contributed by atoms with Crippen LogP contribution in [0.15, 0.2) is 35.5 Å². The van der Waals surface area contributed by atoms with Crippen LogP contribution >= 0.6 is 0 Å². The van der Waals surface area contributed by atoms with Crippen LogP contribution in [0.1, 0.15) is 32.3 Å². The van der Waals surface area contributed by atoms with Crippen LogP contribution in [0.4, 0.5) is 0 Å². The van der Waals surface area contributed by atoms with E-state index in [1.54, 1.807) is 0 Å². The minimum Gasteiger partial charge on any atom is -0.394 e. The van der Waals surface area contributed by atoms with Gasteiger partial charge in [0.05, 0.1) is 0 Å². The van der Waals surface area contributed by atoms with Gasteiger partial charge in [0.25, 0.3) is 0 Å². The Balaban J connectivity index is 2.92. The van der Waals surface area contributed by atoms with E-state index in [1.807, 2.05) is 37.3 Å². The highest BCUT2D eigenvalue weighted by Gasteiger charge is 2.18. The predicted molar refractivity (Wildman–Crippen MR) is 78.3 cm³/mol. The Bertz CT molecular complexity index is 360. The molecule has 0 aliphatic heterocycles. The Morgan fingerprint density at radius 2 is 2.00 bits per heavy atom. The molecule has 0 heterocycles. The van der Waals surface area contributed by atoms with Gasteiger partial charge in [-0.1, -0.05) is 48.8 Å². The van der Waals surface area contributed by atoms with E-state index in [9.17, 15) is 0 Å². The number of oxime groups is 1. The van der Waals surface area contributed by atoms with Gasteiger partial charge in [0, 0.05) is 18.7 Å². The van der Waals surface area contributed by atoms with Crippen LogP contribution in [0.2, 0.25) is 0 Å². The zero-order chi connectivity index (χ0) is 13.9. The van der Waals surface area contributed by atoms with Crippen molar-refractivity contribution in [3.05, 3.63) is 35.9 Å². The molecule has 1 rings (SSSR count). The van der Waals surface area contributed by atoms with E-state index in [-0.39, 0.29) is 6.10 Å². The molecule has 0 saturated carbocycles. The summed E-state index contributed by atoms with van der Waals surface area (Å²) in [5.41, 5.74) is 7.30. The van der Waals surface area contributed by atoms with Crippen molar-refractivity contribution in [1.82, 2.24) is 0 Å². The van der Waals surface area contributed by atoms with Crippen molar-refractivity contribution in [3.63, 3.8) is 0 Å². The number of ether oxygens (including phenoxy) is 1. The summed E-state index contributed by atoms with van der Waals surface area (Å²) in [4.78, 5) is 5.26. The van der Waals surface area contributed by atoms with Crippen molar-refractivity contribution >= 4 is 5.71 Å². The van der Waals surface area contributed by atoms with Gasteiger partial charge in [-0.05, 0) is 13.3 Å². The van der Waals surface area contributed by atoms with E-state index in [2.05, 4.69) is 12.1 Å². The van der Waals surface area contributed by atoms with Crippen molar-refractivity contribution in [1.29, 1.82) is 0 Å². The lowest BCUT2D eigenvalue weighted by molar-refractivity contribution is 0.0940. The summed E-state index contributed by atoms with van der Waals surface area (Å²) in [5, 5.41) is 4.23. The lowest BCUT2D eigenvalue weighted by atomic mass is 10.0. The average molecular weight is 264 g/mol. The Morgan fingerprint density at radius 3 is 2.58 bits per heavy atom. The molecule has 19 heavy (non-hydrogen) atoms. The third kappa shape index (κ3) is 5.41. The van der Waals surface area contributed by atoms with Gasteiger partial charge in [0.15, 0.2) is 0 Å². The fourth-order valence-corrected chi connectivity index (χ4v) is 1.84. The topological polar surface area (TPSA) is 56.8 Å². The molecule has 0 bridgehead atoms. The first-order chi connectivity index (χ1) is 9.33. The first-order valence-corrected chi connectivity index (χ1v) is 6.90. The number of hydrogen-bond acceptors (Lipinski definition) is 4. The van der Waals surface area contributed by atoms with Gasteiger partial charge in [-0.25, -0.2) is 0 Å². The molecule has 1 atom stereocenters. The standard InChI is InChI=1S/C15H24N2O2/c1-3-8-14(18-4-2)15(17-19-12-11-16)13-9-6-5-7-10-13/h5-7,9-10,14H,3-4,8,11-12,16H2,1-2H3. The number of nitrogens with two attached hydrogens (primary N) is 1. The second-order valence-electron chi connectivity index (χ2n) is 4.20. The lowest BCUT2D eigenvalue weighted by Crippen LogP contribution is -2.26. The highest BCUT2D eigenvalue weighted by molar-refractivity contribution is 6.03. The van der Waals surface area contributed by atoms with E-state index in [0.717, 1.165) is 24.1 Å². The number of rotatable bonds is 9. The van der Waals surface area contributed by atoms with Gasteiger partial charge in [0.2, 0.25) is 0 Å². The van der Waals surface area contributed by atoms with Crippen LogP contribution in [0.25, 0.3) is 0 Å². The Morgan fingerprint density at radius 1 is 1.26 bits per heavy atom. The average Bonchev–Trinajstić information content (AvgIpc) is 2.45. The third-order valence-electron chi connectivity index (χ3n) is 2.67. The molecule has 106 valence electrons. The van der Waals surface area contributed by atoms with Gasteiger partial charge in [-0.3, -0.25) is 0 Å². The normalized spacial score (nSPS) is 13.3. The van der Waals surface area contributed by atoms with Gasteiger partial charge in [0.1, 0.15) is 18.4 Å². The van der Waals surface area contributed by atoms with E-state index in [0.29, 0.717) is 19.8 Å². The first-order valence-electron chi connectivity index (χ1n) is 6.90. The van der Waals surface area contributed by atoms with Crippen LogP contribution in [-0.4, -0.2) is 31.6 Å². The molecule has 0 aliphatic rings. The van der Waals surface area contributed by atoms with Crippen molar-refractivity contribution in [2.24, 2.45) is 10.9 Å². The molecular formula is C15H24N2O2. The fourth-order valence-electron chi connectivity index (χ4n) is 1.84. The maximum atomic E-state index is 5.79. The molecule has 0 radical (unpaired) electrons. The summed E-state index contributed by atoms with van der Waals surface area (Å²) >= 11 is 0. The predicted octanol–water partition coefficient (Wildman–Crippen LogP) is 2.57. The van der Waals surface area contributed by atoms with E-state index in [1.165, 1.54) is 0 Å². The Labute approximate surface area is 115 Å². The zero-order valence-corrected chi connectivity index (χ0v) is 11.8. The second kappa shape index (κ2) is 9.53. The molecule has 0 saturated heterocycles. The van der Waals surface area contributed by atoms with Crippen molar-refractivity contribution in [2.75, 3.05) is 19.8 Å². The van der Waals surface area contributed by atoms with Crippen LogP contribution in [0, 0.1) is 0 Å². The molecule has 1 aromatic carbocycles. The van der Waals surface area contributed by atoms with E-state index < -0.39 is 0 Å². The molecule has 4 nitrogen and oxygen atoms in total. The van der Waals surface area contributed by atoms with Crippen molar-refractivity contribution in [3.8, 4) is 0 Å². The third-order valence-corrected chi connectivity index (χ3v) is 2.67. The fraction of sp³-hybridized carbons (Fsp3) is 0.533. The molecule has 0 fully saturated rings. The molecule has 0 aromatic heterocycles.